The highest BCUT2D eigenvalue weighted by Gasteiger charge is 2.20. The van der Waals surface area contributed by atoms with Crippen LogP contribution in [0.25, 0.3) is 10.9 Å². The largest absolute Gasteiger partial charge is 0.343 e. The Balaban J connectivity index is 1.69. The van der Waals surface area contributed by atoms with E-state index in [-0.39, 0.29) is 5.82 Å². The Morgan fingerprint density at radius 2 is 1.77 bits per heavy atom. The molecule has 1 saturated carbocycles. The maximum Gasteiger partial charge on any atom is 0.128 e. The van der Waals surface area contributed by atoms with Crippen molar-refractivity contribution in [3.63, 3.8) is 0 Å². The van der Waals surface area contributed by atoms with Gasteiger partial charge in [0.05, 0.1) is 6.54 Å². The van der Waals surface area contributed by atoms with Crippen molar-refractivity contribution in [1.82, 2.24) is 9.88 Å². The molecule has 0 radical (unpaired) electrons. The Bertz CT molecular complexity index is 802. The van der Waals surface area contributed by atoms with Crippen LogP contribution in [0.5, 0.6) is 0 Å². The smallest absolute Gasteiger partial charge is 0.128 e. The molecule has 0 unspecified atom stereocenters. The van der Waals surface area contributed by atoms with Crippen molar-refractivity contribution >= 4 is 10.9 Å². The fourth-order valence-corrected chi connectivity index (χ4v) is 2.95. The maximum atomic E-state index is 13.9. The summed E-state index contributed by atoms with van der Waals surface area (Å²) in [6, 6.07) is 16.1. The summed E-state index contributed by atoms with van der Waals surface area (Å²) in [7, 11) is 0. The summed E-state index contributed by atoms with van der Waals surface area (Å²) >= 11 is 0. The van der Waals surface area contributed by atoms with Gasteiger partial charge >= 0.3 is 0 Å². The molecule has 1 fully saturated rings. The highest BCUT2D eigenvalue weighted by Crippen LogP contribution is 2.25. The number of hydrogen-bond acceptors (Lipinski definition) is 1. The van der Waals surface area contributed by atoms with E-state index in [9.17, 15) is 4.39 Å². The Morgan fingerprint density at radius 1 is 1.00 bits per heavy atom. The van der Waals surface area contributed by atoms with E-state index >= 15 is 0 Å². The minimum atomic E-state index is -0.141. The fourth-order valence-electron chi connectivity index (χ4n) is 2.95. The summed E-state index contributed by atoms with van der Waals surface area (Å²) in [5.74, 6) is -0.141. The molecule has 3 heteroatoms. The van der Waals surface area contributed by atoms with Gasteiger partial charge in [0, 0.05) is 35.2 Å². The van der Waals surface area contributed by atoms with E-state index in [1.165, 1.54) is 35.4 Å². The Hall–Kier alpha value is -2.13. The van der Waals surface area contributed by atoms with Crippen molar-refractivity contribution < 1.29 is 4.39 Å². The van der Waals surface area contributed by atoms with Gasteiger partial charge in [0.1, 0.15) is 5.82 Å². The molecule has 2 aromatic carbocycles. The van der Waals surface area contributed by atoms with Crippen LogP contribution >= 0.6 is 0 Å². The molecule has 0 aliphatic heterocycles. The average Bonchev–Trinajstić information content (AvgIpc) is 3.31. The lowest BCUT2D eigenvalue weighted by molar-refractivity contribution is 0.601. The highest BCUT2D eigenvalue weighted by molar-refractivity contribution is 5.84. The predicted molar refractivity (Wildman–Crippen MR) is 87.3 cm³/mol. The normalized spacial score (nSPS) is 14.6. The van der Waals surface area contributed by atoms with Crippen molar-refractivity contribution in [2.45, 2.75) is 32.0 Å². The van der Waals surface area contributed by atoms with Crippen LogP contribution in [-0.4, -0.2) is 10.6 Å². The van der Waals surface area contributed by atoms with E-state index in [1.54, 1.807) is 6.07 Å². The summed E-state index contributed by atoms with van der Waals surface area (Å²) in [6.45, 7) is 1.45. The number of halogens is 1. The number of hydrogen-bond donors (Lipinski definition) is 1. The minimum Gasteiger partial charge on any atom is -0.343 e. The molecular weight excluding hydrogens is 275 g/mol. The maximum absolute atomic E-state index is 13.9. The summed E-state index contributed by atoms with van der Waals surface area (Å²) in [5, 5.41) is 4.82. The summed E-state index contributed by atoms with van der Waals surface area (Å²) < 4.78 is 16.1. The van der Waals surface area contributed by atoms with E-state index in [0.717, 1.165) is 12.1 Å². The predicted octanol–water partition coefficient (Wildman–Crippen LogP) is 4.08. The summed E-state index contributed by atoms with van der Waals surface area (Å²) in [4.78, 5) is 0. The fraction of sp³-hybridized carbons (Fsp3) is 0.263. The zero-order valence-electron chi connectivity index (χ0n) is 12.4. The van der Waals surface area contributed by atoms with Gasteiger partial charge in [0.25, 0.3) is 0 Å². The molecule has 1 aromatic heterocycles. The number of aromatic nitrogens is 1. The lowest BCUT2D eigenvalue weighted by Crippen LogP contribution is -2.14. The van der Waals surface area contributed by atoms with Crippen molar-refractivity contribution in [3.8, 4) is 0 Å². The van der Waals surface area contributed by atoms with Crippen molar-refractivity contribution in [2.24, 2.45) is 0 Å². The highest BCUT2D eigenvalue weighted by atomic mass is 19.1. The molecule has 1 aliphatic carbocycles. The third kappa shape index (κ3) is 2.64. The van der Waals surface area contributed by atoms with Gasteiger partial charge in [-0.1, -0.05) is 36.4 Å². The Morgan fingerprint density at radius 3 is 2.59 bits per heavy atom. The van der Waals surface area contributed by atoms with Crippen molar-refractivity contribution in [1.29, 1.82) is 0 Å². The second-order valence-electron chi connectivity index (χ2n) is 6.05. The monoisotopic (exact) mass is 294 g/mol. The van der Waals surface area contributed by atoms with Gasteiger partial charge in [-0.25, -0.2) is 4.39 Å². The van der Waals surface area contributed by atoms with E-state index in [4.69, 9.17) is 0 Å². The summed E-state index contributed by atoms with van der Waals surface area (Å²) in [5.41, 5.74) is 3.18. The van der Waals surface area contributed by atoms with Crippen LogP contribution in [0.1, 0.15) is 24.0 Å². The quantitative estimate of drug-likeness (QED) is 0.750. The SMILES string of the molecule is Fc1ccccc1Cn1cc(CNC2CC2)c2ccccc21. The second-order valence-corrected chi connectivity index (χ2v) is 6.05. The zero-order chi connectivity index (χ0) is 14.9. The Labute approximate surface area is 129 Å². The van der Waals surface area contributed by atoms with Crippen LogP contribution in [-0.2, 0) is 13.1 Å². The zero-order valence-corrected chi connectivity index (χ0v) is 12.4. The van der Waals surface area contributed by atoms with Crippen LogP contribution in [0, 0.1) is 5.82 Å². The Kier molecular flexibility index (Phi) is 3.43. The number of nitrogens with zero attached hydrogens (tertiary/aromatic N) is 1. The molecule has 1 N–H and O–H groups in total. The van der Waals surface area contributed by atoms with Gasteiger partial charge in [-0.05, 0) is 30.5 Å². The molecule has 112 valence electrons. The standard InChI is InChI=1S/C19H19FN2/c20-18-7-3-1-5-14(18)12-22-13-15(11-21-16-9-10-16)17-6-2-4-8-19(17)22/h1-8,13,16,21H,9-12H2. The number of benzene rings is 2. The van der Waals surface area contributed by atoms with E-state index in [1.807, 2.05) is 18.2 Å². The topological polar surface area (TPSA) is 17.0 Å². The lowest BCUT2D eigenvalue weighted by Gasteiger charge is -2.06. The van der Waals surface area contributed by atoms with Gasteiger partial charge in [-0.15, -0.1) is 0 Å². The van der Waals surface area contributed by atoms with Crippen LogP contribution in [0.2, 0.25) is 0 Å². The second kappa shape index (κ2) is 5.58. The molecule has 4 rings (SSSR count). The first-order valence-electron chi connectivity index (χ1n) is 7.85. The molecule has 0 spiro atoms. The first-order valence-corrected chi connectivity index (χ1v) is 7.85. The van der Waals surface area contributed by atoms with E-state index in [2.05, 4.69) is 34.3 Å². The number of rotatable bonds is 5. The minimum absolute atomic E-state index is 0.141. The van der Waals surface area contributed by atoms with Crippen LogP contribution in [0.4, 0.5) is 4.39 Å². The molecule has 2 nitrogen and oxygen atoms in total. The van der Waals surface area contributed by atoms with Crippen LogP contribution in [0.3, 0.4) is 0 Å². The van der Waals surface area contributed by atoms with Gasteiger partial charge in [-0.2, -0.15) is 0 Å². The van der Waals surface area contributed by atoms with Crippen LogP contribution < -0.4 is 5.32 Å². The third-order valence-electron chi connectivity index (χ3n) is 4.33. The molecular formula is C19H19FN2. The van der Waals surface area contributed by atoms with Crippen molar-refractivity contribution in [2.75, 3.05) is 0 Å². The van der Waals surface area contributed by atoms with E-state index in [0.29, 0.717) is 12.6 Å². The molecule has 0 saturated heterocycles. The molecule has 1 heterocycles. The molecule has 1 aliphatic rings. The van der Waals surface area contributed by atoms with E-state index < -0.39 is 0 Å². The molecule has 0 bridgehead atoms. The van der Waals surface area contributed by atoms with Gasteiger partial charge in [-0.3, -0.25) is 0 Å². The van der Waals surface area contributed by atoms with Crippen LogP contribution in [0.15, 0.2) is 54.7 Å². The third-order valence-corrected chi connectivity index (χ3v) is 4.33. The number of para-hydroxylation sites is 1. The number of nitrogens with one attached hydrogen (secondary N) is 1. The van der Waals surface area contributed by atoms with Gasteiger partial charge in [0.2, 0.25) is 0 Å². The lowest BCUT2D eigenvalue weighted by atomic mass is 10.2. The summed E-state index contributed by atoms with van der Waals surface area (Å²) in [6.07, 6.45) is 4.73. The average molecular weight is 294 g/mol. The van der Waals surface area contributed by atoms with Gasteiger partial charge in [0.15, 0.2) is 0 Å². The molecule has 0 atom stereocenters. The van der Waals surface area contributed by atoms with Crippen molar-refractivity contribution in [3.05, 3.63) is 71.7 Å². The number of fused-ring (bicyclic) bond motifs is 1. The molecule has 0 amide bonds. The first kappa shape index (κ1) is 13.5. The first-order chi connectivity index (χ1) is 10.8. The molecule has 3 aromatic rings. The molecule has 22 heavy (non-hydrogen) atoms. The van der Waals surface area contributed by atoms with Gasteiger partial charge < -0.3 is 9.88 Å².